The number of hydrogen-bond acceptors (Lipinski definition) is 4. The van der Waals surface area contributed by atoms with Crippen LogP contribution in [0.1, 0.15) is 17.7 Å². The van der Waals surface area contributed by atoms with Gasteiger partial charge in [0.1, 0.15) is 11.4 Å². The first kappa shape index (κ1) is 12.8. The standard InChI is InChI=1S/C9H8BrF2NO3/c1-16-6(14)2-4-5(10)3-13-7(8(4)15)9(11)12/h3,9,15H,2H2,1H3. The summed E-state index contributed by atoms with van der Waals surface area (Å²) in [5.74, 6) is -1.32. The van der Waals surface area contributed by atoms with Gasteiger partial charge >= 0.3 is 5.97 Å². The quantitative estimate of drug-likeness (QED) is 0.869. The zero-order valence-corrected chi connectivity index (χ0v) is 9.79. The highest BCUT2D eigenvalue weighted by Gasteiger charge is 2.21. The number of methoxy groups -OCH3 is 1. The van der Waals surface area contributed by atoms with Gasteiger partial charge in [-0.05, 0) is 15.9 Å². The van der Waals surface area contributed by atoms with Crippen molar-refractivity contribution in [2.75, 3.05) is 7.11 Å². The van der Waals surface area contributed by atoms with E-state index in [9.17, 15) is 18.7 Å². The first-order chi connectivity index (χ1) is 7.47. The Labute approximate surface area is 98.4 Å². The molecule has 1 aromatic heterocycles. The third-order valence-corrected chi connectivity index (χ3v) is 2.57. The molecule has 0 aromatic carbocycles. The molecule has 0 atom stereocenters. The Bertz CT molecular complexity index is 412. The Balaban J connectivity index is 3.16. The highest BCUT2D eigenvalue weighted by atomic mass is 79.9. The fraction of sp³-hybridized carbons (Fsp3) is 0.333. The SMILES string of the molecule is COC(=O)Cc1c(Br)cnc(C(F)F)c1O. The van der Waals surface area contributed by atoms with E-state index in [4.69, 9.17) is 0 Å². The molecule has 1 N–H and O–H groups in total. The van der Waals surface area contributed by atoms with E-state index in [1.54, 1.807) is 0 Å². The zero-order chi connectivity index (χ0) is 12.3. The van der Waals surface area contributed by atoms with Crippen LogP contribution in [0.4, 0.5) is 8.78 Å². The lowest BCUT2D eigenvalue weighted by atomic mass is 10.1. The predicted octanol–water partition coefficient (Wildman–Crippen LogP) is 2.20. The van der Waals surface area contributed by atoms with Crippen LogP contribution in [-0.4, -0.2) is 23.2 Å². The molecule has 0 aliphatic rings. The minimum absolute atomic E-state index is 0.0390. The Morgan fingerprint density at radius 1 is 1.69 bits per heavy atom. The fourth-order valence-electron chi connectivity index (χ4n) is 1.08. The largest absolute Gasteiger partial charge is 0.505 e. The first-order valence-corrected chi connectivity index (χ1v) is 4.97. The number of pyridine rings is 1. The van der Waals surface area contributed by atoms with Crippen molar-refractivity contribution in [1.29, 1.82) is 0 Å². The number of hydrogen-bond donors (Lipinski definition) is 1. The van der Waals surface area contributed by atoms with Gasteiger partial charge in [0.25, 0.3) is 6.43 Å². The van der Waals surface area contributed by atoms with E-state index in [2.05, 4.69) is 25.7 Å². The normalized spacial score (nSPS) is 10.6. The van der Waals surface area contributed by atoms with Gasteiger partial charge in [-0.1, -0.05) is 0 Å². The van der Waals surface area contributed by atoms with E-state index in [0.717, 1.165) is 6.20 Å². The molecule has 0 saturated heterocycles. The number of carbonyl (C=O) groups is 1. The van der Waals surface area contributed by atoms with Crippen molar-refractivity contribution in [3.05, 3.63) is 21.9 Å². The molecule has 0 bridgehead atoms. The van der Waals surface area contributed by atoms with Gasteiger partial charge in [0, 0.05) is 16.2 Å². The van der Waals surface area contributed by atoms with Gasteiger partial charge < -0.3 is 9.84 Å². The summed E-state index contributed by atoms with van der Waals surface area (Å²) in [6.07, 6.45) is -2.09. The molecule has 0 aliphatic carbocycles. The monoisotopic (exact) mass is 295 g/mol. The van der Waals surface area contributed by atoms with Gasteiger partial charge in [-0.25, -0.2) is 8.78 Å². The van der Waals surface area contributed by atoms with E-state index in [1.165, 1.54) is 7.11 Å². The smallest absolute Gasteiger partial charge is 0.310 e. The summed E-state index contributed by atoms with van der Waals surface area (Å²) in [4.78, 5) is 14.4. The zero-order valence-electron chi connectivity index (χ0n) is 8.21. The van der Waals surface area contributed by atoms with Gasteiger partial charge in [0.05, 0.1) is 13.5 Å². The lowest BCUT2D eigenvalue weighted by Gasteiger charge is -2.09. The van der Waals surface area contributed by atoms with Crippen molar-refractivity contribution in [2.45, 2.75) is 12.8 Å². The number of alkyl halides is 2. The number of esters is 1. The number of rotatable bonds is 3. The molecule has 0 amide bonds. The predicted molar refractivity (Wildman–Crippen MR) is 54.3 cm³/mol. The minimum Gasteiger partial charge on any atom is -0.505 e. The summed E-state index contributed by atoms with van der Waals surface area (Å²) in [7, 11) is 1.17. The fourth-order valence-corrected chi connectivity index (χ4v) is 1.51. The average molecular weight is 296 g/mol. The second-order valence-electron chi connectivity index (χ2n) is 2.87. The lowest BCUT2D eigenvalue weighted by Crippen LogP contribution is -2.07. The van der Waals surface area contributed by atoms with Crippen molar-refractivity contribution in [1.82, 2.24) is 4.98 Å². The number of halogens is 3. The van der Waals surface area contributed by atoms with E-state index < -0.39 is 23.8 Å². The van der Waals surface area contributed by atoms with Crippen LogP contribution in [0, 0.1) is 0 Å². The number of ether oxygens (including phenoxy) is 1. The molecule has 1 aromatic rings. The molecule has 0 radical (unpaired) electrons. The number of carbonyl (C=O) groups excluding carboxylic acids is 1. The minimum atomic E-state index is -2.90. The van der Waals surface area contributed by atoms with Gasteiger partial charge in [-0.2, -0.15) is 0 Å². The molecule has 4 nitrogen and oxygen atoms in total. The van der Waals surface area contributed by atoms with Crippen LogP contribution in [0.5, 0.6) is 5.75 Å². The van der Waals surface area contributed by atoms with E-state index in [0.29, 0.717) is 0 Å². The van der Waals surface area contributed by atoms with Crippen LogP contribution in [0.3, 0.4) is 0 Å². The van der Waals surface area contributed by atoms with Gasteiger partial charge in [-0.15, -0.1) is 0 Å². The summed E-state index contributed by atoms with van der Waals surface area (Å²) < 4.78 is 29.5. The first-order valence-electron chi connectivity index (χ1n) is 4.18. The molecule has 1 rings (SSSR count). The van der Waals surface area contributed by atoms with Crippen LogP contribution in [-0.2, 0) is 16.0 Å². The molecule has 88 valence electrons. The van der Waals surface area contributed by atoms with Gasteiger partial charge in [0.2, 0.25) is 0 Å². The van der Waals surface area contributed by atoms with Crippen LogP contribution in [0.2, 0.25) is 0 Å². The summed E-state index contributed by atoms with van der Waals surface area (Å²) >= 11 is 3.01. The van der Waals surface area contributed by atoms with Crippen molar-refractivity contribution in [3.8, 4) is 5.75 Å². The topological polar surface area (TPSA) is 59.4 Å². The highest BCUT2D eigenvalue weighted by Crippen LogP contribution is 2.33. The van der Waals surface area contributed by atoms with Crippen molar-refractivity contribution in [3.63, 3.8) is 0 Å². The third-order valence-electron chi connectivity index (χ3n) is 1.89. The number of aromatic hydroxyl groups is 1. The van der Waals surface area contributed by atoms with E-state index in [-0.39, 0.29) is 16.5 Å². The molecular weight excluding hydrogens is 288 g/mol. The number of aromatic nitrogens is 1. The van der Waals surface area contributed by atoms with Crippen molar-refractivity contribution in [2.24, 2.45) is 0 Å². The Morgan fingerprint density at radius 2 is 2.31 bits per heavy atom. The molecule has 16 heavy (non-hydrogen) atoms. The summed E-state index contributed by atoms with van der Waals surface area (Å²) in [6.45, 7) is 0. The molecule has 0 fully saturated rings. The second-order valence-corrected chi connectivity index (χ2v) is 3.73. The second kappa shape index (κ2) is 5.20. The van der Waals surface area contributed by atoms with Crippen LogP contribution in [0.25, 0.3) is 0 Å². The molecule has 0 aliphatic heterocycles. The Hall–Kier alpha value is -1.24. The molecule has 0 saturated carbocycles. The molecule has 0 spiro atoms. The number of nitrogens with zero attached hydrogens (tertiary/aromatic N) is 1. The van der Waals surface area contributed by atoms with Crippen LogP contribution >= 0.6 is 15.9 Å². The molecule has 1 heterocycles. The molecule has 7 heteroatoms. The highest BCUT2D eigenvalue weighted by molar-refractivity contribution is 9.10. The van der Waals surface area contributed by atoms with Gasteiger partial charge in [-0.3, -0.25) is 9.78 Å². The Kier molecular flexibility index (Phi) is 4.17. The van der Waals surface area contributed by atoms with E-state index in [1.807, 2.05) is 0 Å². The Morgan fingerprint density at radius 3 is 2.81 bits per heavy atom. The summed E-state index contributed by atoms with van der Waals surface area (Å²) in [5.41, 5.74) is -0.709. The van der Waals surface area contributed by atoms with Crippen LogP contribution < -0.4 is 0 Å². The van der Waals surface area contributed by atoms with Gasteiger partial charge in [0.15, 0.2) is 0 Å². The van der Waals surface area contributed by atoms with Crippen LogP contribution in [0.15, 0.2) is 10.7 Å². The van der Waals surface area contributed by atoms with Crippen molar-refractivity contribution >= 4 is 21.9 Å². The molecular formula is C9H8BrF2NO3. The maximum absolute atomic E-state index is 12.4. The lowest BCUT2D eigenvalue weighted by molar-refractivity contribution is -0.139. The maximum atomic E-state index is 12.4. The third kappa shape index (κ3) is 2.66. The maximum Gasteiger partial charge on any atom is 0.310 e. The van der Waals surface area contributed by atoms with E-state index >= 15 is 0 Å². The van der Waals surface area contributed by atoms with Crippen molar-refractivity contribution < 1.29 is 23.4 Å². The average Bonchev–Trinajstić information content (AvgIpc) is 2.23. The summed E-state index contributed by atoms with van der Waals surface area (Å²) in [5, 5.41) is 9.50. The molecule has 0 unspecified atom stereocenters. The summed E-state index contributed by atoms with van der Waals surface area (Å²) in [6, 6.07) is 0.